The third kappa shape index (κ3) is 4.53. The fraction of sp³-hybridized carbons (Fsp3) is 0.182. The van der Waals surface area contributed by atoms with Crippen LogP contribution in [-0.4, -0.2) is 23.8 Å². The first-order chi connectivity index (χ1) is 14.2. The minimum atomic E-state index is -4.42. The molecule has 0 unspecified atom stereocenters. The molecule has 0 radical (unpaired) electrons. The molecule has 0 aliphatic carbocycles. The number of aromatic nitrogens is 1. The quantitative estimate of drug-likeness (QED) is 0.477. The van der Waals surface area contributed by atoms with E-state index in [1.807, 2.05) is 0 Å². The van der Waals surface area contributed by atoms with Gasteiger partial charge in [-0.05, 0) is 62.4 Å². The first kappa shape index (κ1) is 21.2. The van der Waals surface area contributed by atoms with Gasteiger partial charge in [0, 0.05) is 28.2 Å². The van der Waals surface area contributed by atoms with Gasteiger partial charge in [0.25, 0.3) is 5.91 Å². The Morgan fingerprint density at radius 3 is 2.43 bits per heavy atom. The van der Waals surface area contributed by atoms with Crippen LogP contribution in [0.5, 0.6) is 5.75 Å². The molecule has 0 saturated carbocycles. The second-order valence-electron chi connectivity index (χ2n) is 6.64. The first-order valence-electron chi connectivity index (χ1n) is 9.04. The number of nitrogens with zero attached hydrogens (tertiary/aromatic N) is 2. The number of benzene rings is 2. The molecule has 1 N–H and O–H groups in total. The molecule has 30 heavy (non-hydrogen) atoms. The zero-order chi connectivity index (χ0) is 21.9. The number of rotatable bonds is 5. The van der Waals surface area contributed by atoms with Gasteiger partial charge in [-0.25, -0.2) is 5.43 Å². The van der Waals surface area contributed by atoms with Gasteiger partial charge in [0.05, 0.1) is 18.9 Å². The van der Waals surface area contributed by atoms with Crippen LogP contribution in [0.4, 0.5) is 13.2 Å². The van der Waals surface area contributed by atoms with Crippen molar-refractivity contribution >= 4 is 12.1 Å². The lowest BCUT2D eigenvalue weighted by Crippen LogP contribution is -2.17. The summed E-state index contributed by atoms with van der Waals surface area (Å²) >= 11 is 0. The van der Waals surface area contributed by atoms with Crippen LogP contribution in [0.2, 0.25) is 0 Å². The van der Waals surface area contributed by atoms with Crippen LogP contribution in [0.1, 0.15) is 32.9 Å². The van der Waals surface area contributed by atoms with Gasteiger partial charge >= 0.3 is 6.18 Å². The van der Waals surface area contributed by atoms with Gasteiger partial charge in [-0.15, -0.1) is 0 Å². The highest BCUT2D eigenvalue weighted by Gasteiger charge is 2.30. The number of carbonyl (C=O) groups excluding carboxylic acids is 1. The molecule has 0 aliphatic heterocycles. The second kappa shape index (κ2) is 8.44. The second-order valence-corrected chi connectivity index (χ2v) is 6.64. The third-order valence-electron chi connectivity index (χ3n) is 4.62. The fourth-order valence-corrected chi connectivity index (χ4v) is 3.10. The van der Waals surface area contributed by atoms with E-state index in [1.165, 1.54) is 19.4 Å². The van der Waals surface area contributed by atoms with Crippen molar-refractivity contribution < 1.29 is 22.7 Å². The number of hydrogen-bond donors (Lipinski definition) is 1. The van der Waals surface area contributed by atoms with Crippen LogP contribution in [0.3, 0.4) is 0 Å². The van der Waals surface area contributed by atoms with E-state index in [-0.39, 0.29) is 5.91 Å². The molecule has 0 fully saturated rings. The molecule has 0 atom stereocenters. The number of hydrogen-bond acceptors (Lipinski definition) is 3. The van der Waals surface area contributed by atoms with E-state index in [0.717, 1.165) is 17.8 Å². The first-order valence-corrected chi connectivity index (χ1v) is 9.04. The highest BCUT2D eigenvalue weighted by atomic mass is 19.4. The molecule has 2 aromatic carbocycles. The molecule has 3 rings (SSSR count). The lowest BCUT2D eigenvalue weighted by molar-refractivity contribution is -0.137. The maximum absolute atomic E-state index is 13.0. The summed E-state index contributed by atoms with van der Waals surface area (Å²) in [6.45, 7) is 3.57. The van der Waals surface area contributed by atoms with Crippen molar-refractivity contribution in [2.75, 3.05) is 7.11 Å². The number of aryl methyl sites for hydroxylation is 1. The Morgan fingerprint density at radius 2 is 1.80 bits per heavy atom. The Labute approximate surface area is 171 Å². The highest BCUT2D eigenvalue weighted by Crippen LogP contribution is 2.31. The van der Waals surface area contributed by atoms with Crippen molar-refractivity contribution in [3.8, 4) is 11.4 Å². The van der Waals surface area contributed by atoms with Crippen LogP contribution >= 0.6 is 0 Å². The number of methoxy groups -OCH3 is 1. The van der Waals surface area contributed by atoms with E-state index in [1.54, 1.807) is 54.8 Å². The Bertz CT molecular complexity index is 1080. The van der Waals surface area contributed by atoms with Gasteiger partial charge in [-0.2, -0.15) is 18.3 Å². The van der Waals surface area contributed by atoms with Crippen molar-refractivity contribution in [3.63, 3.8) is 0 Å². The molecule has 0 saturated heterocycles. The molecule has 5 nitrogen and oxygen atoms in total. The standard InChI is InChI=1S/C22H20F3N3O2/c1-14-11-17(13-26-27-21(29)16-7-9-20(30-3)10-8-16)15(2)28(14)19-6-4-5-18(12-19)22(23,24)25/h4-13H,1-3H3,(H,27,29)/b26-13+. The molecule has 0 spiro atoms. The van der Waals surface area contributed by atoms with Crippen LogP contribution in [0, 0.1) is 13.8 Å². The van der Waals surface area contributed by atoms with E-state index in [4.69, 9.17) is 4.74 Å². The smallest absolute Gasteiger partial charge is 0.416 e. The Kier molecular flexibility index (Phi) is 5.96. The van der Waals surface area contributed by atoms with Crippen LogP contribution in [0.25, 0.3) is 5.69 Å². The summed E-state index contributed by atoms with van der Waals surface area (Å²) < 4.78 is 45.9. The Morgan fingerprint density at radius 1 is 1.10 bits per heavy atom. The van der Waals surface area contributed by atoms with Gasteiger partial charge in [0.1, 0.15) is 5.75 Å². The van der Waals surface area contributed by atoms with Crippen molar-refractivity contribution in [3.05, 3.63) is 82.7 Å². The largest absolute Gasteiger partial charge is 0.497 e. The van der Waals surface area contributed by atoms with Gasteiger partial charge in [-0.3, -0.25) is 4.79 Å². The molecule has 1 heterocycles. The summed E-state index contributed by atoms with van der Waals surface area (Å²) in [5, 5.41) is 3.98. The molecule has 156 valence electrons. The molecular weight excluding hydrogens is 395 g/mol. The molecule has 3 aromatic rings. The van der Waals surface area contributed by atoms with Gasteiger partial charge in [0.15, 0.2) is 0 Å². The maximum atomic E-state index is 13.0. The topological polar surface area (TPSA) is 55.6 Å². The number of halogens is 3. The van der Waals surface area contributed by atoms with Crippen molar-refractivity contribution in [1.82, 2.24) is 9.99 Å². The lowest BCUT2D eigenvalue weighted by atomic mass is 10.2. The van der Waals surface area contributed by atoms with E-state index in [9.17, 15) is 18.0 Å². The van der Waals surface area contributed by atoms with Crippen LogP contribution in [0.15, 0.2) is 59.7 Å². The van der Waals surface area contributed by atoms with Gasteiger partial charge < -0.3 is 9.30 Å². The van der Waals surface area contributed by atoms with E-state index >= 15 is 0 Å². The Hall–Kier alpha value is -3.55. The predicted molar refractivity (Wildman–Crippen MR) is 108 cm³/mol. The summed E-state index contributed by atoms with van der Waals surface area (Å²) in [7, 11) is 1.54. The average molecular weight is 415 g/mol. The molecule has 1 amide bonds. The van der Waals surface area contributed by atoms with Gasteiger partial charge in [0.2, 0.25) is 0 Å². The molecule has 8 heteroatoms. The SMILES string of the molecule is COc1ccc(C(=O)N/N=C/c2cc(C)n(-c3cccc(C(F)(F)F)c3)c2C)cc1. The fourth-order valence-electron chi connectivity index (χ4n) is 3.10. The van der Waals surface area contributed by atoms with Crippen molar-refractivity contribution in [2.24, 2.45) is 5.10 Å². The molecule has 0 bridgehead atoms. The summed E-state index contributed by atoms with van der Waals surface area (Å²) in [6, 6.07) is 13.5. The lowest BCUT2D eigenvalue weighted by Gasteiger charge is -2.13. The number of carbonyl (C=O) groups is 1. The van der Waals surface area contributed by atoms with Crippen molar-refractivity contribution in [1.29, 1.82) is 0 Å². The van der Waals surface area contributed by atoms with Crippen molar-refractivity contribution in [2.45, 2.75) is 20.0 Å². The monoisotopic (exact) mass is 415 g/mol. The number of nitrogens with one attached hydrogen (secondary N) is 1. The Balaban J connectivity index is 1.79. The summed E-state index contributed by atoms with van der Waals surface area (Å²) in [4.78, 5) is 12.2. The summed E-state index contributed by atoms with van der Waals surface area (Å²) in [6.07, 6.45) is -2.95. The zero-order valence-corrected chi connectivity index (χ0v) is 16.6. The molecular formula is C22H20F3N3O2. The minimum Gasteiger partial charge on any atom is -0.497 e. The summed E-state index contributed by atoms with van der Waals surface area (Å²) in [5.41, 5.74) is 4.68. The maximum Gasteiger partial charge on any atom is 0.416 e. The molecule has 0 aliphatic rings. The normalized spacial score (nSPS) is 11.7. The number of hydrazone groups is 1. The predicted octanol–water partition coefficient (Wildman–Crippen LogP) is 4.89. The van der Waals surface area contributed by atoms with E-state index < -0.39 is 11.7 Å². The highest BCUT2D eigenvalue weighted by molar-refractivity contribution is 5.95. The minimum absolute atomic E-state index is 0.388. The summed E-state index contributed by atoms with van der Waals surface area (Å²) in [5.74, 6) is 0.248. The van der Waals surface area contributed by atoms with E-state index in [0.29, 0.717) is 28.3 Å². The zero-order valence-electron chi connectivity index (χ0n) is 16.6. The third-order valence-corrected chi connectivity index (χ3v) is 4.62. The van der Waals surface area contributed by atoms with Crippen LogP contribution < -0.4 is 10.2 Å². The number of alkyl halides is 3. The van der Waals surface area contributed by atoms with Gasteiger partial charge in [-0.1, -0.05) is 6.07 Å². The molecule has 1 aromatic heterocycles. The van der Waals surface area contributed by atoms with E-state index in [2.05, 4.69) is 10.5 Å². The van der Waals surface area contributed by atoms with Crippen LogP contribution in [-0.2, 0) is 6.18 Å². The number of amides is 1. The average Bonchev–Trinajstić information content (AvgIpc) is 3.00. The number of ether oxygens (including phenoxy) is 1.